The number of nitrogens with zero attached hydrogens (tertiary/aromatic N) is 2. The molecule has 0 radical (unpaired) electrons. The zero-order valence-electron chi connectivity index (χ0n) is 14.6. The Bertz CT molecular complexity index is 966. The van der Waals surface area contributed by atoms with E-state index in [2.05, 4.69) is 4.98 Å². The Hall–Kier alpha value is -2.80. The van der Waals surface area contributed by atoms with Crippen molar-refractivity contribution in [1.82, 2.24) is 9.88 Å². The zero-order chi connectivity index (χ0) is 18.2. The van der Waals surface area contributed by atoms with Gasteiger partial charge in [-0.25, -0.2) is 4.98 Å². The molecule has 0 bridgehead atoms. The predicted molar refractivity (Wildman–Crippen MR) is 99.8 cm³/mol. The van der Waals surface area contributed by atoms with Gasteiger partial charge in [-0.1, -0.05) is 6.07 Å². The van der Waals surface area contributed by atoms with Crippen molar-refractivity contribution in [3.05, 3.63) is 53.2 Å². The Morgan fingerprint density at radius 3 is 3.07 bits per heavy atom. The summed E-state index contributed by atoms with van der Waals surface area (Å²) in [4.78, 5) is 19.5. The van der Waals surface area contributed by atoms with E-state index in [1.165, 1.54) is 11.3 Å². The van der Waals surface area contributed by atoms with Crippen molar-refractivity contribution >= 4 is 17.2 Å². The summed E-state index contributed by atoms with van der Waals surface area (Å²) in [7, 11) is 0. The smallest absolute Gasteiger partial charge is 0.231 e. The largest absolute Gasteiger partial charge is 0.462 e. The highest BCUT2D eigenvalue weighted by Crippen LogP contribution is 2.39. The molecule has 0 N–H and O–H groups in total. The summed E-state index contributed by atoms with van der Waals surface area (Å²) in [5, 5.41) is 2.73. The molecule has 7 heteroatoms. The summed E-state index contributed by atoms with van der Waals surface area (Å²) in [6.07, 6.45) is 3.89. The van der Waals surface area contributed by atoms with Crippen LogP contribution in [-0.4, -0.2) is 29.1 Å². The van der Waals surface area contributed by atoms with Crippen LogP contribution in [0.4, 0.5) is 0 Å². The fourth-order valence-electron chi connectivity index (χ4n) is 3.69. The van der Waals surface area contributed by atoms with Gasteiger partial charge in [0.15, 0.2) is 22.3 Å². The van der Waals surface area contributed by atoms with Gasteiger partial charge in [0.2, 0.25) is 12.7 Å². The van der Waals surface area contributed by atoms with E-state index in [1.807, 2.05) is 40.6 Å². The molecule has 2 aliphatic heterocycles. The number of carbonyl (C=O) groups is 1. The van der Waals surface area contributed by atoms with Crippen molar-refractivity contribution in [2.24, 2.45) is 0 Å². The first-order valence-corrected chi connectivity index (χ1v) is 9.83. The second-order valence-corrected chi connectivity index (χ2v) is 7.51. The van der Waals surface area contributed by atoms with E-state index in [4.69, 9.17) is 13.9 Å². The molecule has 1 atom stereocenters. The van der Waals surface area contributed by atoms with Gasteiger partial charge in [0.05, 0.1) is 24.4 Å². The van der Waals surface area contributed by atoms with E-state index >= 15 is 0 Å². The highest BCUT2D eigenvalue weighted by atomic mass is 32.1. The van der Waals surface area contributed by atoms with Crippen LogP contribution in [0.1, 0.15) is 30.1 Å². The average Bonchev–Trinajstić information content (AvgIpc) is 3.47. The minimum absolute atomic E-state index is 0.0789. The lowest BCUT2D eigenvalue weighted by Gasteiger charge is -2.25. The van der Waals surface area contributed by atoms with Crippen LogP contribution < -0.4 is 9.47 Å². The van der Waals surface area contributed by atoms with Crippen LogP contribution in [-0.2, 0) is 11.2 Å². The number of rotatable bonds is 4. The molecule has 0 aliphatic carbocycles. The SMILES string of the molecule is O=C(Cc1csc(-c2ccco2)n1)N1CCCC1c1ccc2c(c1)OCO2. The Kier molecular flexibility index (Phi) is 4.09. The maximum atomic E-state index is 12.9. The zero-order valence-corrected chi connectivity index (χ0v) is 15.4. The fourth-order valence-corrected chi connectivity index (χ4v) is 4.48. The van der Waals surface area contributed by atoms with Gasteiger partial charge in [-0.15, -0.1) is 11.3 Å². The summed E-state index contributed by atoms with van der Waals surface area (Å²) >= 11 is 1.50. The monoisotopic (exact) mass is 382 g/mol. The molecule has 2 aromatic heterocycles. The van der Waals surface area contributed by atoms with Gasteiger partial charge < -0.3 is 18.8 Å². The van der Waals surface area contributed by atoms with Crippen molar-refractivity contribution in [3.8, 4) is 22.3 Å². The molecule has 6 nitrogen and oxygen atoms in total. The first kappa shape index (κ1) is 16.4. The third-order valence-corrected chi connectivity index (χ3v) is 5.88. The molecule has 1 unspecified atom stereocenters. The van der Waals surface area contributed by atoms with Gasteiger partial charge in [-0.05, 0) is 42.7 Å². The summed E-state index contributed by atoms with van der Waals surface area (Å²) < 4.78 is 16.2. The van der Waals surface area contributed by atoms with Gasteiger partial charge in [0.25, 0.3) is 0 Å². The van der Waals surface area contributed by atoms with Crippen LogP contribution in [0.15, 0.2) is 46.4 Å². The van der Waals surface area contributed by atoms with Crippen molar-refractivity contribution in [1.29, 1.82) is 0 Å². The normalized spacial score (nSPS) is 18.2. The average molecular weight is 382 g/mol. The molecule has 0 saturated carbocycles. The molecule has 2 aliphatic rings. The van der Waals surface area contributed by atoms with Gasteiger partial charge in [-0.3, -0.25) is 4.79 Å². The lowest BCUT2D eigenvalue weighted by molar-refractivity contribution is -0.131. The number of aromatic nitrogens is 1. The van der Waals surface area contributed by atoms with Gasteiger partial charge >= 0.3 is 0 Å². The van der Waals surface area contributed by atoms with Crippen LogP contribution in [0.3, 0.4) is 0 Å². The molecule has 4 heterocycles. The number of amides is 1. The molecule has 1 saturated heterocycles. The van der Waals surface area contributed by atoms with Crippen molar-refractivity contribution in [3.63, 3.8) is 0 Å². The molecular weight excluding hydrogens is 364 g/mol. The maximum Gasteiger partial charge on any atom is 0.231 e. The molecular formula is C20H18N2O4S. The maximum absolute atomic E-state index is 12.9. The van der Waals surface area contributed by atoms with Crippen molar-refractivity contribution < 1.29 is 18.7 Å². The van der Waals surface area contributed by atoms with Crippen molar-refractivity contribution in [2.75, 3.05) is 13.3 Å². The van der Waals surface area contributed by atoms with Crippen molar-refractivity contribution in [2.45, 2.75) is 25.3 Å². The number of fused-ring (bicyclic) bond motifs is 1. The molecule has 5 rings (SSSR count). The second-order valence-electron chi connectivity index (χ2n) is 6.66. The number of benzene rings is 1. The third-order valence-electron chi connectivity index (χ3n) is 4.97. The molecule has 27 heavy (non-hydrogen) atoms. The molecule has 1 fully saturated rings. The second kappa shape index (κ2) is 6.74. The number of hydrogen-bond donors (Lipinski definition) is 0. The quantitative estimate of drug-likeness (QED) is 0.681. The topological polar surface area (TPSA) is 64.8 Å². The summed E-state index contributed by atoms with van der Waals surface area (Å²) in [6.45, 7) is 1.03. The molecule has 1 amide bonds. The summed E-state index contributed by atoms with van der Waals surface area (Å²) in [5.41, 5.74) is 1.88. The third kappa shape index (κ3) is 3.08. The van der Waals surface area contributed by atoms with Crippen LogP contribution in [0, 0.1) is 0 Å². The first-order valence-electron chi connectivity index (χ1n) is 8.95. The number of carbonyl (C=O) groups excluding carboxylic acids is 1. The minimum Gasteiger partial charge on any atom is -0.462 e. The lowest BCUT2D eigenvalue weighted by atomic mass is 10.0. The molecule has 0 spiro atoms. The Labute approximate surface area is 160 Å². The number of furan rings is 1. The number of hydrogen-bond acceptors (Lipinski definition) is 6. The molecule has 1 aromatic carbocycles. The van der Waals surface area contributed by atoms with Crippen LogP contribution in [0.25, 0.3) is 10.8 Å². The first-order chi connectivity index (χ1) is 13.3. The highest BCUT2D eigenvalue weighted by molar-refractivity contribution is 7.13. The lowest BCUT2D eigenvalue weighted by Crippen LogP contribution is -2.31. The molecule has 138 valence electrons. The minimum atomic E-state index is 0.0789. The number of thiazole rings is 1. The Morgan fingerprint density at radius 1 is 1.26 bits per heavy atom. The van der Waals surface area contributed by atoms with E-state index in [0.717, 1.165) is 52.9 Å². The van der Waals surface area contributed by atoms with Crippen LogP contribution in [0.5, 0.6) is 11.5 Å². The highest BCUT2D eigenvalue weighted by Gasteiger charge is 2.31. The van der Waals surface area contributed by atoms with Gasteiger partial charge in [-0.2, -0.15) is 0 Å². The summed E-state index contributed by atoms with van der Waals surface area (Å²) in [5.74, 6) is 2.36. The van der Waals surface area contributed by atoms with Crippen LogP contribution in [0.2, 0.25) is 0 Å². The molecule has 3 aromatic rings. The van der Waals surface area contributed by atoms with Crippen LogP contribution >= 0.6 is 11.3 Å². The standard InChI is InChI=1S/C20H18N2O4S/c23-19(10-14-11-27-20(21-14)17-4-2-8-24-17)22-7-1-3-15(22)13-5-6-16-18(9-13)26-12-25-16/h2,4-6,8-9,11,15H,1,3,7,10,12H2. The van der Waals surface area contributed by atoms with Gasteiger partial charge in [0.1, 0.15) is 0 Å². The Balaban J connectivity index is 1.32. The van der Waals surface area contributed by atoms with E-state index < -0.39 is 0 Å². The number of ether oxygens (including phenoxy) is 2. The Morgan fingerprint density at radius 2 is 2.19 bits per heavy atom. The van der Waals surface area contributed by atoms with Gasteiger partial charge in [0, 0.05) is 11.9 Å². The van der Waals surface area contributed by atoms with E-state index in [0.29, 0.717) is 6.42 Å². The number of likely N-dealkylation sites (tertiary alicyclic amines) is 1. The van der Waals surface area contributed by atoms with E-state index in [9.17, 15) is 4.79 Å². The predicted octanol–water partition coefficient (Wildman–Crippen LogP) is 4.04. The summed E-state index contributed by atoms with van der Waals surface area (Å²) in [6, 6.07) is 9.74. The fraction of sp³-hybridized carbons (Fsp3) is 0.300. The van der Waals surface area contributed by atoms with E-state index in [-0.39, 0.29) is 18.7 Å². The van der Waals surface area contributed by atoms with E-state index in [1.54, 1.807) is 6.26 Å².